The molecule has 0 spiro atoms. The minimum absolute atomic E-state index is 0.117. The summed E-state index contributed by atoms with van der Waals surface area (Å²) in [6.45, 7) is 6.46. The van der Waals surface area contributed by atoms with Gasteiger partial charge in [0.05, 0.1) is 6.61 Å². The number of aryl methyl sites for hydroxylation is 1. The third kappa shape index (κ3) is 2.81. The molecule has 0 aromatic heterocycles. The van der Waals surface area contributed by atoms with Crippen molar-refractivity contribution in [2.75, 3.05) is 6.61 Å². The number of unbranched alkanes of at least 4 members (excludes halogenated alkanes) is 2. The van der Waals surface area contributed by atoms with Crippen molar-refractivity contribution in [1.29, 1.82) is 0 Å². The Labute approximate surface area is 96.7 Å². The van der Waals surface area contributed by atoms with E-state index in [1.807, 2.05) is 13.8 Å². The topological polar surface area (TPSA) is 49.7 Å². The number of benzene rings is 1. The summed E-state index contributed by atoms with van der Waals surface area (Å²) >= 11 is 0. The zero-order valence-electron chi connectivity index (χ0n) is 10.2. The Morgan fingerprint density at radius 2 is 1.88 bits per heavy atom. The van der Waals surface area contributed by atoms with E-state index in [1.165, 1.54) is 0 Å². The maximum absolute atomic E-state index is 9.68. The predicted molar refractivity (Wildman–Crippen MR) is 64.3 cm³/mol. The van der Waals surface area contributed by atoms with Crippen LogP contribution in [0.5, 0.6) is 17.2 Å². The van der Waals surface area contributed by atoms with Crippen LogP contribution in [0.3, 0.4) is 0 Å². The van der Waals surface area contributed by atoms with Crippen LogP contribution < -0.4 is 4.74 Å². The second-order valence-electron chi connectivity index (χ2n) is 4.07. The summed E-state index contributed by atoms with van der Waals surface area (Å²) in [6.07, 6.45) is 3.20. The van der Waals surface area contributed by atoms with E-state index < -0.39 is 0 Å². The molecule has 0 atom stereocenters. The summed E-state index contributed by atoms with van der Waals surface area (Å²) in [6, 6.07) is 1.55. The van der Waals surface area contributed by atoms with Gasteiger partial charge in [0.15, 0.2) is 11.5 Å². The van der Waals surface area contributed by atoms with Gasteiger partial charge in [0.25, 0.3) is 0 Å². The zero-order chi connectivity index (χ0) is 12.1. The first-order valence-corrected chi connectivity index (χ1v) is 5.72. The van der Waals surface area contributed by atoms with Gasteiger partial charge in [-0.05, 0) is 37.5 Å². The molecule has 3 nitrogen and oxygen atoms in total. The van der Waals surface area contributed by atoms with Gasteiger partial charge in [-0.1, -0.05) is 19.8 Å². The van der Waals surface area contributed by atoms with Crippen LogP contribution in [0, 0.1) is 13.8 Å². The fraction of sp³-hybridized carbons (Fsp3) is 0.538. The fourth-order valence-corrected chi connectivity index (χ4v) is 1.56. The fourth-order valence-electron chi connectivity index (χ4n) is 1.56. The standard InChI is InChI=1S/C13H20O3/c1-4-5-6-7-16-13-10(3)9(2)8-11(14)12(13)15/h8,14-15H,4-7H2,1-3H3. The normalized spacial score (nSPS) is 10.4. The molecule has 0 aliphatic rings. The summed E-state index contributed by atoms with van der Waals surface area (Å²) in [5.41, 5.74) is 1.80. The Kier molecular flexibility index (Phi) is 4.47. The van der Waals surface area contributed by atoms with E-state index in [9.17, 15) is 10.2 Å². The summed E-state index contributed by atoms with van der Waals surface area (Å²) < 4.78 is 5.52. The van der Waals surface area contributed by atoms with E-state index in [0.29, 0.717) is 12.4 Å². The average molecular weight is 224 g/mol. The van der Waals surface area contributed by atoms with Crippen LogP contribution in [0.15, 0.2) is 6.07 Å². The van der Waals surface area contributed by atoms with E-state index in [-0.39, 0.29) is 11.5 Å². The average Bonchev–Trinajstić information content (AvgIpc) is 2.25. The van der Waals surface area contributed by atoms with Gasteiger partial charge in [-0.2, -0.15) is 0 Å². The molecular formula is C13H20O3. The first-order chi connectivity index (χ1) is 7.57. The van der Waals surface area contributed by atoms with Crippen molar-refractivity contribution >= 4 is 0 Å². The third-order valence-electron chi connectivity index (χ3n) is 2.74. The Bertz CT molecular complexity index is 332. The van der Waals surface area contributed by atoms with Crippen LogP contribution in [-0.4, -0.2) is 16.8 Å². The van der Waals surface area contributed by atoms with Crippen molar-refractivity contribution in [2.45, 2.75) is 40.0 Å². The molecule has 0 saturated heterocycles. The van der Waals surface area contributed by atoms with E-state index in [4.69, 9.17) is 4.74 Å². The summed E-state index contributed by atoms with van der Waals surface area (Å²) in [5.74, 6) is 0.141. The lowest BCUT2D eigenvalue weighted by molar-refractivity contribution is 0.282. The van der Waals surface area contributed by atoms with Crippen LogP contribution in [0.1, 0.15) is 37.3 Å². The minimum atomic E-state index is -0.153. The number of rotatable bonds is 5. The van der Waals surface area contributed by atoms with Gasteiger partial charge in [0.2, 0.25) is 5.75 Å². The molecule has 0 bridgehead atoms. The molecular weight excluding hydrogens is 204 g/mol. The molecule has 0 heterocycles. The molecule has 1 aromatic carbocycles. The molecule has 1 rings (SSSR count). The summed E-state index contributed by atoms with van der Waals surface area (Å²) in [7, 11) is 0. The molecule has 16 heavy (non-hydrogen) atoms. The lowest BCUT2D eigenvalue weighted by Crippen LogP contribution is -2.00. The predicted octanol–water partition coefficient (Wildman–Crippen LogP) is 3.28. The Morgan fingerprint density at radius 1 is 1.19 bits per heavy atom. The Balaban J connectivity index is 2.78. The molecule has 0 aliphatic heterocycles. The monoisotopic (exact) mass is 224 g/mol. The molecule has 90 valence electrons. The van der Waals surface area contributed by atoms with Gasteiger partial charge >= 0.3 is 0 Å². The SMILES string of the molecule is CCCCCOc1c(C)c(C)cc(O)c1O. The van der Waals surface area contributed by atoms with Gasteiger partial charge in [-0.25, -0.2) is 0 Å². The molecule has 3 heteroatoms. The molecule has 0 fully saturated rings. The number of phenols is 2. The van der Waals surface area contributed by atoms with Crippen LogP contribution in [-0.2, 0) is 0 Å². The molecule has 2 N–H and O–H groups in total. The molecule has 0 amide bonds. The van der Waals surface area contributed by atoms with Gasteiger partial charge in [0.1, 0.15) is 0 Å². The van der Waals surface area contributed by atoms with Crippen LogP contribution in [0.2, 0.25) is 0 Å². The first kappa shape index (κ1) is 12.7. The van der Waals surface area contributed by atoms with Crippen molar-refractivity contribution in [3.05, 3.63) is 17.2 Å². The number of phenolic OH excluding ortho intramolecular Hbond substituents is 2. The van der Waals surface area contributed by atoms with Crippen molar-refractivity contribution < 1.29 is 14.9 Å². The minimum Gasteiger partial charge on any atom is -0.504 e. The molecule has 0 saturated carbocycles. The zero-order valence-corrected chi connectivity index (χ0v) is 10.2. The molecule has 0 unspecified atom stereocenters. The highest BCUT2D eigenvalue weighted by Crippen LogP contribution is 2.39. The lowest BCUT2D eigenvalue weighted by Gasteiger charge is -2.13. The molecule has 0 radical (unpaired) electrons. The van der Waals surface area contributed by atoms with Crippen LogP contribution in [0.25, 0.3) is 0 Å². The lowest BCUT2D eigenvalue weighted by atomic mass is 10.1. The van der Waals surface area contributed by atoms with Crippen molar-refractivity contribution in [3.63, 3.8) is 0 Å². The number of aromatic hydroxyl groups is 2. The number of hydrogen-bond acceptors (Lipinski definition) is 3. The van der Waals surface area contributed by atoms with Gasteiger partial charge in [-0.3, -0.25) is 0 Å². The maximum Gasteiger partial charge on any atom is 0.200 e. The molecule has 0 aliphatic carbocycles. The van der Waals surface area contributed by atoms with E-state index >= 15 is 0 Å². The smallest absolute Gasteiger partial charge is 0.200 e. The third-order valence-corrected chi connectivity index (χ3v) is 2.74. The largest absolute Gasteiger partial charge is 0.504 e. The maximum atomic E-state index is 9.68. The summed E-state index contributed by atoms with van der Waals surface area (Å²) in [5, 5.41) is 19.2. The summed E-state index contributed by atoms with van der Waals surface area (Å²) in [4.78, 5) is 0. The van der Waals surface area contributed by atoms with Gasteiger partial charge in [0, 0.05) is 0 Å². The van der Waals surface area contributed by atoms with E-state index in [0.717, 1.165) is 30.4 Å². The Hall–Kier alpha value is -1.38. The van der Waals surface area contributed by atoms with Crippen molar-refractivity contribution in [1.82, 2.24) is 0 Å². The molecule has 1 aromatic rings. The van der Waals surface area contributed by atoms with E-state index in [2.05, 4.69) is 6.92 Å². The second kappa shape index (κ2) is 5.64. The van der Waals surface area contributed by atoms with Crippen LogP contribution >= 0.6 is 0 Å². The first-order valence-electron chi connectivity index (χ1n) is 5.72. The van der Waals surface area contributed by atoms with Gasteiger partial charge in [-0.15, -0.1) is 0 Å². The second-order valence-corrected chi connectivity index (χ2v) is 4.07. The van der Waals surface area contributed by atoms with Crippen molar-refractivity contribution in [2.24, 2.45) is 0 Å². The van der Waals surface area contributed by atoms with Crippen molar-refractivity contribution in [3.8, 4) is 17.2 Å². The Morgan fingerprint density at radius 3 is 2.50 bits per heavy atom. The highest BCUT2D eigenvalue weighted by atomic mass is 16.5. The van der Waals surface area contributed by atoms with Gasteiger partial charge < -0.3 is 14.9 Å². The quantitative estimate of drug-likeness (QED) is 0.596. The number of ether oxygens (including phenoxy) is 1. The van der Waals surface area contributed by atoms with Crippen LogP contribution in [0.4, 0.5) is 0 Å². The highest BCUT2D eigenvalue weighted by molar-refractivity contribution is 5.56. The number of hydrogen-bond donors (Lipinski definition) is 2. The highest BCUT2D eigenvalue weighted by Gasteiger charge is 2.13. The van der Waals surface area contributed by atoms with E-state index in [1.54, 1.807) is 6.07 Å².